The maximum absolute atomic E-state index is 11.8. The Balaban J connectivity index is 2.88. The molecular weight excluding hydrogens is 278 g/mol. The molecule has 0 saturated carbocycles. The molecule has 0 aromatic heterocycles. The summed E-state index contributed by atoms with van der Waals surface area (Å²) in [5.41, 5.74) is 6.08. The van der Waals surface area contributed by atoms with Crippen LogP contribution in [-0.2, 0) is 20.7 Å². The molecule has 114 valence electrons. The average molecular weight is 295 g/mol. The van der Waals surface area contributed by atoms with E-state index in [1.807, 2.05) is 0 Å². The molecule has 1 atom stereocenters. The monoisotopic (exact) mass is 295 g/mol. The Labute approximate surface area is 121 Å². The molecule has 0 saturated heterocycles. The first-order valence-corrected chi connectivity index (χ1v) is 6.41. The summed E-state index contributed by atoms with van der Waals surface area (Å²) in [6.07, 6.45) is 0.493. The topological polar surface area (TPSA) is 125 Å². The number of nitro groups is 1. The largest absolute Gasteiger partial charge is 0.464 e. The van der Waals surface area contributed by atoms with Gasteiger partial charge in [0.2, 0.25) is 0 Å². The number of carbonyl (C=O) groups is 2. The fourth-order valence-electron chi connectivity index (χ4n) is 1.67. The third-order valence-electron chi connectivity index (χ3n) is 2.75. The normalized spacial score (nSPS) is 11.6. The number of benzene rings is 1. The number of anilines is 1. The number of aryl methyl sites for hydroxylation is 1. The van der Waals surface area contributed by atoms with Crippen molar-refractivity contribution in [3.8, 4) is 0 Å². The molecule has 1 aromatic carbocycles. The highest BCUT2D eigenvalue weighted by Gasteiger charge is 2.24. The van der Waals surface area contributed by atoms with Crippen molar-refractivity contribution in [2.75, 3.05) is 11.9 Å². The van der Waals surface area contributed by atoms with Gasteiger partial charge in [-0.15, -0.1) is 0 Å². The van der Waals surface area contributed by atoms with E-state index in [9.17, 15) is 19.7 Å². The predicted molar refractivity (Wildman–Crippen MR) is 75.7 cm³/mol. The minimum Gasteiger partial charge on any atom is -0.464 e. The number of carbonyl (C=O) groups excluding carboxylic acids is 2. The van der Waals surface area contributed by atoms with Crippen LogP contribution in [0.2, 0.25) is 0 Å². The van der Waals surface area contributed by atoms with Crippen LogP contribution in [0.3, 0.4) is 0 Å². The summed E-state index contributed by atoms with van der Waals surface area (Å²) >= 11 is 0. The van der Waals surface area contributed by atoms with E-state index in [0.29, 0.717) is 12.0 Å². The van der Waals surface area contributed by atoms with Crippen LogP contribution in [0.1, 0.15) is 19.4 Å². The number of hydrogen-bond donors (Lipinski definition) is 2. The molecule has 0 heterocycles. The van der Waals surface area contributed by atoms with Crippen LogP contribution in [-0.4, -0.2) is 29.4 Å². The Kier molecular flexibility index (Phi) is 5.79. The lowest BCUT2D eigenvalue weighted by atomic mass is 10.1. The summed E-state index contributed by atoms with van der Waals surface area (Å²) in [7, 11) is 0. The summed E-state index contributed by atoms with van der Waals surface area (Å²) < 4.78 is 4.63. The lowest BCUT2D eigenvalue weighted by molar-refractivity contribution is -0.385. The Morgan fingerprint density at radius 3 is 2.62 bits per heavy atom. The molecule has 3 N–H and O–H groups in total. The van der Waals surface area contributed by atoms with Crippen LogP contribution in [0.4, 0.5) is 11.4 Å². The molecule has 1 unspecified atom stereocenters. The molecule has 0 fully saturated rings. The molecule has 0 radical (unpaired) electrons. The lowest BCUT2D eigenvalue weighted by Crippen LogP contribution is -2.43. The summed E-state index contributed by atoms with van der Waals surface area (Å²) in [4.78, 5) is 33.5. The van der Waals surface area contributed by atoms with Gasteiger partial charge < -0.3 is 15.8 Å². The summed E-state index contributed by atoms with van der Waals surface area (Å²) in [6.45, 7) is 3.49. The van der Waals surface area contributed by atoms with Crippen LogP contribution in [0.15, 0.2) is 18.2 Å². The zero-order chi connectivity index (χ0) is 16.0. The van der Waals surface area contributed by atoms with Crippen LogP contribution in [0.5, 0.6) is 0 Å². The molecule has 0 spiro atoms. The highest BCUT2D eigenvalue weighted by Crippen LogP contribution is 2.23. The first-order chi connectivity index (χ1) is 9.90. The Morgan fingerprint density at radius 1 is 1.43 bits per heavy atom. The number of ether oxygens (including phenoxy) is 1. The van der Waals surface area contributed by atoms with Crippen molar-refractivity contribution < 1.29 is 19.2 Å². The van der Waals surface area contributed by atoms with Gasteiger partial charge in [-0.3, -0.25) is 14.9 Å². The van der Waals surface area contributed by atoms with Crippen molar-refractivity contribution in [3.05, 3.63) is 33.9 Å². The SMILES string of the molecule is CCOC(=O)C(N)C(=O)Nc1ccc(CC)c([N+](=O)[O-])c1. The van der Waals surface area contributed by atoms with Gasteiger partial charge in [0, 0.05) is 17.3 Å². The van der Waals surface area contributed by atoms with E-state index in [1.54, 1.807) is 19.9 Å². The molecule has 1 rings (SSSR count). The van der Waals surface area contributed by atoms with Gasteiger partial charge in [0.1, 0.15) is 0 Å². The number of rotatable bonds is 6. The molecule has 0 bridgehead atoms. The Hall–Kier alpha value is -2.48. The van der Waals surface area contributed by atoms with Crippen molar-refractivity contribution >= 4 is 23.3 Å². The van der Waals surface area contributed by atoms with Crippen LogP contribution in [0, 0.1) is 10.1 Å². The summed E-state index contributed by atoms with van der Waals surface area (Å²) in [6, 6.07) is 2.81. The van der Waals surface area contributed by atoms with E-state index in [1.165, 1.54) is 12.1 Å². The highest BCUT2D eigenvalue weighted by molar-refractivity contribution is 6.08. The zero-order valence-electron chi connectivity index (χ0n) is 11.8. The van der Waals surface area contributed by atoms with Crippen LogP contribution < -0.4 is 11.1 Å². The number of nitrogens with zero attached hydrogens (tertiary/aromatic N) is 1. The van der Waals surface area contributed by atoms with E-state index in [-0.39, 0.29) is 18.0 Å². The summed E-state index contributed by atoms with van der Waals surface area (Å²) in [5.74, 6) is -1.64. The fourth-order valence-corrected chi connectivity index (χ4v) is 1.67. The third-order valence-corrected chi connectivity index (χ3v) is 2.75. The van der Waals surface area contributed by atoms with Crippen molar-refractivity contribution in [2.24, 2.45) is 5.73 Å². The van der Waals surface area contributed by atoms with E-state index in [2.05, 4.69) is 10.1 Å². The maximum Gasteiger partial charge on any atom is 0.332 e. The second-order valence-corrected chi connectivity index (χ2v) is 4.17. The number of esters is 1. The van der Waals surface area contributed by atoms with E-state index < -0.39 is 22.8 Å². The number of nitrogens with two attached hydrogens (primary N) is 1. The molecule has 8 nitrogen and oxygen atoms in total. The quantitative estimate of drug-likeness (QED) is 0.349. The molecule has 0 aliphatic carbocycles. The number of nitro benzene ring substituents is 1. The van der Waals surface area contributed by atoms with Crippen LogP contribution in [0.25, 0.3) is 0 Å². The number of amides is 1. The standard InChI is InChI=1S/C13H17N3O5/c1-3-8-5-6-9(7-10(8)16(19)20)15-12(17)11(14)13(18)21-4-2/h5-7,11H,3-4,14H2,1-2H3,(H,15,17). The number of nitrogens with one attached hydrogen (secondary N) is 1. The molecule has 0 aliphatic rings. The van der Waals surface area contributed by atoms with E-state index in [0.717, 1.165) is 0 Å². The van der Waals surface area contributed by atoms with Gasteiger partial charge >= 0.3 is 5.97 Å². The van der Waals surface area contributed by atoms with Crippen molar-refractivity contribution in [3.63, 3.8) is 0 Å². The van der Waals surface area contributed by atoms with Gasteiger partial charge in [-0.25, -0.2) is 4.79 Å². The molecule has 8 heteroatoms. The van der Waals surface area contributed by atoms with Crippen LogP contribution >= 0.6 is 0 Å². The van der Waals surface area contributed by atoms with Gasteiger partial charge in [0.15, 0.2) is 6.04 Å². The van der Waals surface area contributed by atoms with E-state index >= 15 is 0 Å². The Bertz CT molecular complexity index is 559. The van der Waals surface area contributed by atoms with Gasteiger partial charge in [-0.1, -0.05) is 13.0 Å². The molecular formula is C13H17N3O5. The van der Waals surface area contributed by atoms with Crippen molar-refractivity contribution in [1.82, 2.24) is 0 Å². The summed E-state index contributed by atoms with van der Waals surface area (Å²) in [5, 5.41) is 13.3. The average Bonchev–Trinajstić information content (AvgIpc) is 2.46. The third kappa shape index (κ3) is 4.25. The highest BCUT2D eigenvalue weighted by atomic mass is 16.6. The van der Waals surface area contributed by atoms with Crippen molar-refractivity contribution in [2.45, 2.75) is 26.3 Å². The smallest absolute Gasteiger partial charge is 0.332 e. The maximum atomic E-state index is 11.8. The van der Waals surface area contributed by atoms with Gasteiger partial charge in [0.25, 0.3) is 11.6 Å². The lowest BCUT2D eigenvalue weighted by Gasteiger charge is -2.11. The zero-order valence-corrected chi connectivity index (χ0v) is 11.8. The minimum absolute atomic E-state index is 0.0972. The molecule has 0 aliphatic heterocycles. The second-order valence-electron chi connectivity index (χ2n) is 4.17. The molecule has 1 aromatic rings. The first kappa shape index (κ1) is 16.6. The van der Waals surface area contributed by atoms with Gasteiger partial charge in [-0.05, 0) is 19.4 Å². The predicted octanol–water partition coefficient (Wildman–Crippen LogP) is 0.986. The number of hydrogen-bond acceptors (Lipinski definition) is 6. The molecule has 21 heavy (non-hydrogen) atoms. The van der Waals surface area contributed by atoms with Gasteiger partial charge in [-0.2, -0.15) is 0 Å². The Morgan fingerprint density at radius 2 is 2.10 bits per heavy atom. The van der Waals surface area contributed by atoms with Gasteiger partial charge in [0.05, 0.1) is 11.5 Å². The molecule has 1 amide bonds. The second kappa shape index (κ2) is 7.34. The minimum atomic E-state index is -1.48. The van der Waals surface area contributed by atoms with E-state index in [4.69, 9.17) is 5.73 Å². The van der Waals surface area contributed by atoms with Crippen molar-refractivity contribution in [1.29, 1.82) is 0 Å². The first-order valence-electron chi connectivity index (χ1n) is 6.41. The fraction of sp³-hybridized carbons (Fsp3) is 0.385.